The van der Waals surface area contributed by atoms with Gasteiger partial charge < -0.3 is 4.57 Å². The number of aromatic nitrogens is 3. The van der Waals surface area contributed by atoms with Gasteiger partial charge in [-0.25, -0.2) is 9.97 Å². The Morgan fingerprint density at radius 1 is 0.568 bits per heavy atom. The summed E-state index contributed by atoms with van der Waals surface area (Å²) in [5.74, 6) is 0.745. The highest BCUT2D eigenvalue weighted by Gasteiger charge is 2.38. The lowest BCUT2D eigenvalue weighted by molar-refractivity contribution is 0.666. The summed E-state index contributed by atoms with van der Waals surface area (Å²) >= 11 is 0. The molecule has 0 bridgehead atoms. The number of rotatable bonds is 3. The zero-order chi connectivity index (χ0) is 29.4. The summed E-state index contributed by atoms with van der Waals surface area (Å²) in [5.41, 5.74) is 12.9. The average molecular weight is 564 g/mol. The Balaban J connectivity index is 1.32. The maximum Gasteiger partial charge on any atom is 0.159 e. The van der Waals surface area contributed by atoms with Gasteiger partial charge >= 0.3 is 0 Å². The van der Waals surface area contributed by atoms with Crippen LogP contribution in [0.1, 0.15) is 25.0 Å². The van der Waals surface area contributed by atoms with Gasteiger partial charge in [0.1, 0.15) is 5.52 Å². The third-order valence-corrected chi connectivity index (χ3v) is 9.41. The zero-order valence-electron chi connectivity index (χ0n) is 24.6. The second-order valence-corrected chi connectivity index (χ2v) is 12.3. The second kappa shape index (κ2) is 9.23. The molecule has 3 nitrogen and oxygen atoms in total. The van der Waals surface area contributed by atoms with E-state index in [2.05, 4.69) is 134 Å². The van der Waals surface area contributed by atoms with Gasteiger partial charge in [-0.15, -0.1) is 0 Å². The largest absolute Gasteiger partial charge is 0.306 e. The van der Waals surface area contributed by atoms with Crippen LogP contribution in [0.4, 0.5) is 0 Å². The maximum absolute atomic E-state index is 5.30. The number of nitrogens with zero attached hydrogens (tertiary/aromatic N) is 3. The number of hydrogen-bond donors (Lipinski definition) is 0. The molecule has 0 N–H and O–H groups in total. The molecule has 0 saturated heterocycles. The molecule has 3 heteroatoms. The minimum absolute atomic E-state index is 0.167. The first kappa shape index (κ1) is 25.0. The quantitative estimate of drug-likeness (QED) is 0.214. The van der Waals surface area contributed by atoms with Gasteiger partial charge in [-0.2, -0.15) is 0 Å². The molecule has 208 valence electrons. The van der Waals surface area contributed by atoms with E-state index in [0.717, 1.165) is 33.6 Å². The van der Waals surface area contributed by atoms with E-state index in [4.69, 9.17) is 9.97 Å². The van der Waals surface area contributed by atoms with Gasteiger partial charge in [0.2, 0.25) is 0 Å². The predicted molar refractivity (Wildman–Crippen MR) is 182 cm³/mol. The van der Waals surface area contributed by atoms with Crippen LogP contribution in [0.2, 0.25) is 0 Å². The Labute approximate surface area is 256 Å². The van der Waals surface area contributed by atoms with E-state index in [1.165, 1.54) is 49.5 Å². The molecule has 8 aromatic rings. The zero-order valence-corrected chi connectivity index (χ0v) is 24.6. The van der Waals surface area contributed by atoms with Crippen molar-refractivity contribution >= 4 is 32.7 Å². The lowest BCUT2D eigenvalue weighted by Gasteiger charge is -2.22. The van der Waals surface area contributed by atoms with Gasteiger partial charge in [0.15, 0.2) is 5.82 Å². The van der Waals surface area contributed by atoms with Crippen molar-refractivity contribution in [3.05, 3.63) is 151 Å². The summed E-state index contributed by atoms with van der Waals surface area (Å²) in [6, 6.07) is 47.7. The van der Waals surface area contributed by atoms with Crippen LogP contribution in [-0.4, -0.2) is 14.5 Å². The Kier molecular flexibility index (Phi) is 5.24. The fraction of sp³-hybridized carbons (Fsp3) is 0.0732. The van der Waals surface area contributed by atoms with Crippen LogP contribution in [0.15, 0.2) is 140 Å². The maximum atomic E-state index is 5.30. The van der Waals surface area contributed by atoms with Gasteiger partial charge in [0.05, 0.1) is 17.2 Å². The molecule has 6 aromatic carbocycles. The monoisotopic (exact) mass is 563 g/mol. The molecule has 1 aliphatic rings. The van der Waals surface area contributed by atoms with Crippen LogP contribution in [0.5, 0.6) is 0 Å². The molecule has 0 unspecified atom stereocenters. The smallest absolute Gasteiger partial charge is 0.159 e. The molecule has 2 aromatic heterocycles. The van der Waals surface area contributed by atoms with Crippen molar-refractivity contribution in [2.45, 2.75) is 19.3 Å². The van der Waals surface area contributed by atoms with E-state index in [1.807, 2.05) is 24.4 Å². The van der Waals surface area contributed by atoms with Crippen LogP contribution < -0.4 is 0 Å². The van der Waals surface area contributed by atoms with Crippen molar-refractivity contribution < 1.29 is 0 Å². The van der Waals surface area contributed by atoms with Gasteiger partial charge in [0, 0.05) is 22.1 Å². The van der Waals surface area contributed by atoms with Crippen LogP contribution in [0.25, 0.3) is 72.0 Å². The SMILES string of the molecule is CC1(C)c2ccccc2-c2ccc3c(c21)c1nc(-c2ccccc2)ncc1n3-c1ccc2cc(-c3ccccc3)ccc2c1. The van der Waals surface area contributed by atoms with E-state index in [0.29, 0.717) is 0 Å². The molecular weight excluding hydrogens is 534 g/mol. The molecule has 0 aliphatic heterocycles. The average Bonchev–Trinajstić information content (AvgIpc) is 3.53. The van der Waals surface area contributed by atoms with Crippen molar-refractivity contribution in [3.8, 4) is 39.3 Å². The van der Waals surface area contributed by atoms with Gasteiger partial charge in [0.25, 0.3) is 0 Å². The van der Waals surface area contributed by atoms with E-state index >= 15 is 0 Å². The summed E-state index contributed by atoms with van der Waals surface area (Å²) in [5, 5.41) is 3.63. The van der Waals surface area contributed by atoms with Gasteiger partial charge in [-0.3, -0.25) is 0 Å². The Hall–Kier alpha value is -5.54. The number of fused-ring (bicyclic) bond motifs is 8. The molecular formula is C41H29N3. The summed E-state index contributed by atoms with van der Waals surface area (Å²) < 4.78 is 2.35. The van der Waals surface area contributed by atoms with Crippen LogP contribution in [-0.2, 0) is 5.41 Å². The van der Waals surface area contributed by atoms with Crippen molar-refractivity contribution in [2.24, 2.45) is 0 Å². The molecule has 0 amide bonds. The predicted octanol–water partition coefficient (Wildman–Crippen LogP) is 10.4. The van der Waals surface area contributed by atoms with Crippen molar-refractivity contribution in [1.82, 2.24) is 14.5 Å². The minimum Gasteiger partial charge on any atom is -0.306 e. The molecule has 2 heterocycles. The summed E-state index contributed by atoms with van der Waals surface area (Å²) in [7, 11) is 0. The van der Waals surface area contributed by atoms with Gasteiger partial charge in [-0.1, -0.05) is 123 Å². The normalized spacial score (nSPS) is 13.4. The number of benzene rings is 6. The highest BCUT2D eigenvalue weighted by Crippen LogP contribution is 2.53. The fourth-order valence-corrected chi connectivity index (χ4v) is 7.33. The van der Waals surface area contributed by atoms with E-state index in [1.54, 1.807) is 0 Å². The highest BCUT2D eigenvalue weighted by molar-refractivity contribution is 6.13. The van der Waals surface area contributed by atoms with Crippen molar-refractivity contribution in [1.29, 1.82) is 0 Å². The third-order valence-electron chi connectivity index (χ3n) is 9.41. The fourth-order valence-electron chi connectivity index (χ4n) is 7.33. The second-order valence-electron chi connectivity index (χ2n) is 12.3. The Morgan fingerprint density at radius 3 is 2.09 bits per heavy atom. The van der Waals surface area contributed by atoms with Crippen molar-refractivity contribution in [3.63, 3.8) is 0 Å². The van der Waals surface area contributed by atoms with Crippen LogP contribution >= 0.6 is 0 Å². The summed E-state index contributed by atoms with van der Waals surface area (Å²) in [6.07, 6.45) is 2.01. The first-order valence-corrected chi connectivity index (χ1v) is 15.2. The molecule has 0 radical (unpaired) electrons. The van der Waals surface area contributed by atoms with Gasteiger partial charge in [-0.05, 0) is 68.4 Å². The standard InChI is InChI=1S/C41H29N3/c1-41(2)34-16-10-9-15-32(34)33-21-22-35-37(38(33)41)39-36(25-42-40(43-39)27-13-7-4-8-14-27)44(35)31-20-19-29-23-28(17-18-30(29)24-31)26-11-5-3-6-12-26/h3-25H,1-2H3. The number of hydrogen-bond acceptors (Lipinski definition) is 2. The molecule has 44 heavy (non-hydrogen) atoms. The van der Waals surface area contributed by atoms with Crippen molar-refractivity contribution in [2.75, 3.05) is 0 Å². The Morgan fingerprint density at radius 2 is 1.27 bits per heavy atom. The van der Waals surface area contributed by atoms with Crippen LogP contribution in [0, 0.1) is 0 Å². The molecule has 0 atom stereocenters. The third kappa shape index (κ3) is 3.56. The molecule has 0 spiro atoms. The van der Waals surface area contributed by atoms with E-state index in [-0.39, 0.29) is 5.41 Å². The summed E-state index contributed by atoms with van der Waals surface area (Å²) in [6.45, 7) is 4.69. The first-order valence-electron chi connectivity index (χ1n) is 15.2. The van der Waals surface area contributed by atoms with E-state index in [9.17, 15) is 0 Å². The minimum atomic E-state index is -0.167. The lowest BCUT2D eigenvalue weighted by atomic mass is 9.81. The molecule has 9 rings (SSSR count). The highest BCUT2D eigenvalue weighted by atomic mass is 15.0. The molecule has 0 saturated carbocycles. The molecule has 1 aliphatic carbocycles. The van der Waals surface area contributed by atoms with Crippen LogP contribution in [0.3, 0.4) is 0 Å². The topological polar surface area (TPSA) is 30.7 Å². The lowest BCUT2D eigenvalue weighted by Crippen LogP contribution is -2.15. The first-order chi connectivity index (χ1) is 21.6. The van der Waals surface area contributed by atoms with E-state index < -0.39 is 0 Å². The Bertz CT molecular complexity index is 2400. The summed E-state index contributed by atoms with van der Waals surface area (Å²) in [4.78, 5) is 10.2. The molecule has 0 fully saturated rings.